The van der Waals surface area contributed by atoms with Crippen LogP contribution >= 0.6 is 34.2 Å². The van der Waals surface area contributed by atoms with E-state index in [2.05, 4.69) is 58.6 Å². The third-order valence-electron chi connectivity index (χ3n) is 7.46. The van der Waals surface area contributed by atoms with Gasteiger partial charge in [0.1, 0.15) is 18.4 Å². The Hall–Kier alpha value is -1.33. The SMILES string of the molecule is CC(C)(C)CCCCCCCCCCCOCn1cc(I)c2c(OC3CC(CNC(=O)OC(C)(C)C)C3)nc(Cl)nc21. The van der Waals surface area contributed by atoms with Crippen molar-refractivity contribution in [3.05, 3.63) is 15.1 Å². The molecule has 238 valence electrons. The van der Waals surface area contributed by atoms with Crippen LogP contribution in [0.2, 0.25) is 5.28 Å². The molecule has 0 aliphatic heterocycles. The summed E-state index contributed by atoms with van der Waals surface area (Å²) in [6.45, 7) is 14.3. The van der Waals surface area contributed by atoms with E-state index < -0.39 is 5.60 Å². The number of unbranched alkanes of at least 4 members (excludes halogenated alkanes) is 8. The van der Waals surface area contributed by atoms with Crippen LogP contribution in [0, 0.1) is 14.9 Å². The van der Waals surface area contributed by atoms with Crippen LogP contribution < -0.4 is 10.1 Å². The second kappa shape index (κ2) is 16.7. The molecule has 10 heteroatoms. The second-order valence-corrected chi connectivity index (χ2v) is 15.4. The maximum Gasteiger partial charge on any atom is 0.407 e. The summed E-state index contributed by atoms with van der Waals surface area (Å²) in [4.78, 5) is 20.8. The molecule has 0 saturated heterocycles. The zero-order valence-corrected chi connectivity index (χ0v) is 29.5. The number of rotatable bonds is 17. The van der Waals surface area contributed by atoms with Gasteiger partial charge in [0.25, 0.3) is 0 Å². The van der Waals surface area contributed by atoms with Gasteiger partial charge in [0, 0.05) is 22.9 Å². The summed E-state index contributed by atoms with van der Waals surface area (Å²) in [5.74, 6) is 0.849. The average Bonchev–Trinajstić information content (AvgIpc) is 3.16. The lowest BCUT2D eigenvalue weighted by atomic mass is 9.82. The van der Waals surface area contributed by atoms with Crippen LogP contribution in [-0.4, -0.2) is 45.5 Å². The zero-order chi connectivity index (χ0) is 30.8. The fourth-order valence-electron chi connectivity index (χ4n) is 5.16. The lowest BCUT2D eigenvalue weighted by molar-refractivity contribution is 0.0407. The quantitative estimate of drug-likeness (QED) is 0.0997. The number of carbonyl (C=O) groups is 1. The molecule has 0 radical (unpaired) electrons. The van der Waals surface area contributed by atoms with Gasteiger partial charge in [-0.3, -0.25) is 0 Å². The van der Waals surface area contributed by atoms with Gasteiger partial charge >= 0.3 is 6.09 Å². The Bertz CT molecular complexity index is 1120. The van der Waals surface area contributed by atoms with Crippen LogP contribution in [0.1, 0.15) is 119 Å². The highest BCUT2D eigenvalue weighted by molar-refractivity contribution is 14.1. The first kappa shape index (κ1) is 35.2. The molecule has 3 rings (SSSR count). The minimum Gasteiger partial charge on any atom is -0.474 e. The molecule has 0 bridgehead atoms. The molecule has 1 N–H and O–H groups in total. The number of fused-ring (bicyclic) bond motifs is 1. The van der Waals surface area contributed by atoms with Crippen molar-refractivity contribution in [3.63, 3.8) is 0 Å². The Kier molecular flexibility index (Phi) is 13.9. The summed E-state index contributed by atoms with van der Waals surface area (Å²) in [6, 6.07) is 0. The number of hydrogen-bond donors (Lipinski definition) is 1. The number of alkyl carbamates (subject to hydrolysis) is 1. The molecule has 2 heterocycles. The Balaban J connectivity index is 1.34. The number of amides is 1. The minimum absolute atomic E-state index is 0.0217. The van der Waals surface area contributed by atoms with Crippen molar-refractivity contribution in [1.29, 1.82) is 0 Å². The molecule has 1 aliphatic rings. The Morgan fingerprint density at radius 1 is 1.00 bits per heavy atom. The third-order valence-corrected chi connectivity index (χ3v) is 8.45. The van der Waals surface area contributed by atoms with Crippen molar-refractivity contribution in [2.24, 2.45) is 11.3 Å². The molecule has 42 heavy (non-hydrogen) atoms. The summed E-state index contributed by atoms with van der Waals surface area (Å²) >= 11 is 8.58. The molecule has 0 unspecified atom stereocenters. The lowest BCUT2D eigenvalue weighted by Crippen LogP contribution is -2.42. The molecule has 1 amide bonds. The first-order valence-electron chi connectivity index (χ1n) is 15.7. The Morgan fingerprint density at radius 3 is 2.24 bits per heavy atom. The number of aromatic nitrogens is 3. The predicted octanol–water partition coefficient (Wildman–Crippen LogP) is 9.29. The third kappa shape index (κ3) is 12.7. The molecule has 1 fully saturated rings. The van der Waals surface area contributed by atoms with E-state index in [0.29, 0.717) is 30.5 Å². The van der Waals surface area contributed by atoms with Gasteiger partial charge in [-0.15, -0.1) is 0 Å². The van der Waals surface area contributed by atoms with E-state index in [1.54, 1.807) is 0 Å². The smallest absolute Gasteiger partial charge is 0.407 e. The number of nitrogens with zero attached hydrogens (tertiary/aromatic N) is 3. The van der Waals surface area contributed by atoms with E-state index in [1.165, 1.54) is 57.8 Å². The molecule has 1 aliphatic carbocycles. The average molecular weight is 719 g/mol. The molecule has 1 saturated carbocycles. The van der Waals surface area contributed by atoms with Crippen LogP contribution in [-0.2, 0) is 16.2 Å². The molecule has 0 spiro atoms. The van der Waals surface area contributed by atoms with Gasteiger partial charge in [0.05, 0.1) is 5.39 Å². The maximum absolute atomic E-state index is 11.9. The Labute approximate surface area is 271 Å². The zero-order valence-electron chi connectivity index (χ0n) is 26.6. The van der Waals surface area contributed by atoms with Crippen LogP contribution in [0.3, 0.4) is 0 Å². The van der Waals surface area contributed by atoms with Gasteiger partial charge in [0.15, 0.2) is 5.65 Å². The lowest BCUT2D eigenvalue weighted by Gasteiger charge is -2.35. The minimum atomic E-state index is -0.503. The van der Waals surface area contributed by atoms with E-state index in [0.717, 1.165) is 40.5 Å². The highest BCUT2D eigenvalue weighted by Gasteiger charge is 2.33. The second-order valence-electron chi connectivity index (χ2n) is 13.9. The fraction of sp³-hybridized carbons (Fsp3) is 0.781. The van der Waals surface area contributed by atoms with E-state index in [1.807, 2.05) is 31.5 Å². The Morgan fingerprint density at radius 2 is 1.62 bits per heavy atom. The molecule has 2 aromatic rings. The normalized spacial score (nSPS) is 17.3. The van der Waals surface area contributed by atoms with Gasteiger partial charge in [-0.2, -0.15) is 9.97 Å². The van der Waals surface area contributed by atoms with Crippen LogP contribution in [0.15, 0.2) is 6.20 Å². The predicted molar refractivity (Wildman–Crippen MR) is 178 cm³/mol. The fourth-order valence-corrected chi connectivity index (χ4v) is 6.13. The molecule has 8 nitrogen and oxygen atoms in total. The number of hydrogen-bond acceptors (Lipinski definition) is 6. The summed E-state index contributed by atoms with van der Waals surface area (Å²) in [5.41, 5.74) is 0.689. The molecular formula is C32H52ClIN4O4. The summed E-state index contributed by atoms with van der Waals surface area (Å²) in [6.07, 6.45) is 16.3. The molecule has 2 aromatic heterocycles. The van der Waals surface area contributed by atoms with Crippen molar-refractivity contribution < 1.29 is 19.0 Å². The number of carbonyl (C=O) groups excluding carboxylic acids is 1. The molecule has 0 aromatic carbocycles. The first-order chi connectivity index (χ1) is 19.8. The number of nitrogens with one attached hydrogen (secondary N) is 1. The van der Waals surface area contributed by atoms with Crippen molar-refractivity contribution in [2.45, 2.75) is 137 Å². The van der Waals surface area contributed by atoms with Crippen LogP contribution in [0.25, 0.3) is 11.0 Å². The first-order valence-corrected chi connectivity index (χ1v) is 17.2. The van der Waals surface area contributed by atoms with Gasteiger partial charge in [-0.1, -0.05) is 72.1 Å². The number of ether oxygens (including phenoxy) is 3. The standard InChI is InChI=1S/C32H52ClIN4O4/c1-31(2,3)16-14-12-10-8-7-9-11-13-15-17-40-22-38-21-25(34)26-27(38)36-29(33)37-28(26)41-24-18-23(19-24)20-35-30(39)42-32(4,5)6/h21,23-24H,7-20,22H2,1-6H3,(H,35,39). The summed E-state index contributed by atoms with van der Waals surface area (Å²) in [7, 11) is 0. The van der Waals surface area contributed by atoms with Gasteiger partial charge in [-0.05, 0) is 92.0 Å². The van der Waals surface area contributed by atoms with E-state index in [4.69, 9.17) is 25.8 Å². The largest absolute Gasteiger partial charge is 0.474 e. The van der Waals surface area contributed by atoms with Crippen molar-refractivity contribution in [1.82, 2.24) is 19.9 Å². The van der Waals surface area contributed by atoms with Crippen LogP contribution in [0.4, 0.5) is 4.79 Å². The molecular weight excluding hydrogens is 667 g/mol. The highest BCUT2D eigenvalue weighted by Crippen LogP contribution is 2.36. The number of halogens is 2. The van der Waals surface area contributed by atoms with E-state index >= 15 is 0 Å². The molecule has 0 atom stereocenters. The van der Waals surface area contributed by atoms with Crippen LogP contribution in [0.5, 0.6) is 5.88 Å². The van der Waals surface area contributed by atoms with Gasteiger partial charge < -0.3 is 24.1 Å². The summed E-state index contributed by atoms with van der Waals surface area (Å²) < 4.78 is 20.5. The van der Waals surface area contributed by atoms with E-state index in [-0.39, 0.29) is 17.5 Å². The maximum atomic E-state index is 11.9. The van der Waals surface area contributed by atoms with Crippen molar-refractivity contribution in [2.75, 3.05) is 13.2 Å². The van der Waals surface area contributed by atoms with Gasteiger partial charge in [-0.25, -0.2) is 4.79 Å². The van der Waals surface area contributed by atoms with Crippen molar-refractivity contribution in [3.8, 4) is 5.88 Å². The summed E-state index contributed by atoms with van der Waals surface area (Å²) in [5, 5.41) is 3.86. The van der Waals surface area contributed by atoms with Crippen molar-refractivity contribution >= 4 is 51.3 Å². The highest BCUT2D eigenvalue weighted by atomic mass is 127. The van der Waals surface area contributed by atoms with Gasteiger partial charge in [0.2, 0.25) is 11.2 Å². The van der Waals surface area contributed by atoms with E-state index in [9.17, 15) is 4.79 Å². The monoisotopic (exact) mass is 718 g/mol. The topological polar surface area (TPSA) is 87.5 Å².